The number of nitrogen functional groups attached to an aromatic ring is 1. The number of nitrogens with two attached hydrogens (primary N) is 1. The quantitative estimate of drug-likeness (QED) is 0.920. The number of pyridine rings is 1. The maximum atomic E-state index is 12.6. The van der Waals surface area contributed by atoms with Crippen molar-refractivity contribution in [1.82, 2.24) is 9.88 Å². The molecule has 0 aromatic carbocycles. The molecule has 0 fully saturated rings. The molecule has 20 heavy (non-hydrogen) atoms. The molecule has 0 aliphatic heterocycles. The first-order valence-corrected chi connectivity index (χ1v) is 7.60. The van der Waals surface area contributed by atoms with E-state index in [2.05, 4.69) is 4.98 Å². The highest BCUT2D eigenvalue weighted by molar-refractivity contribution is 7.09. The molecule has 2 rings (SSSR count). The Morgan fingerprint density at radius 3 is 2.80 bits per heavy atom. The first-order chi connectivity index (χ1) is 9.63. The molecule has 2 heterocycles. The second-order valence-electron chi connectivity index (χ2n) is 4.52. The van der Waals surface area contributed by atoms with Crippen molar-refractivity contribution in [2.24, 2.45) is 0 Å². The number of amides is 1. The number of aryl methyl sites for hydroxylation is 1. The first kappa shape index (κ1) is 14.5. The Morgan fingerprint density at radius 1 is 1.40 bits per heavy atom. The molecule has 2 aromatic heterocycles. The molecule has 0 radical (unpaired) electrons. The summed E-state index contributed by atoms with van der Waals surface area (Å²) in [5.74, 6) is 0.407. The van der Waals surface area contributed by atoms with Crippen LogP contribution in [0.3, 0.4) is 0 Å². The van der Waals surface area contributed by atoms with Gasteiger partial charge in [0.05, 0.1) is 6.54 Å². The molecule has 0 aliphatic rings. The summed E-state index contributed by atoms with van der Waals surface area (Å²) >= 11 is 1.66. The number of rotatable bonds is 5. The van der Waals surface area contributed by atoms with Crippen molar-refractivity contribution < 1.29 is 4.79 Å². The number of thiophene rings is 1. The topological polar surface area (TPSA) is 59.2 Å². The van der Waals surface area contributed by atoms with Crippen LogP contribution in [0.25, 0.3) is 0 Å². The zero-order valence-corrected chi connectivity index (χ0v) is 12.6. The fraction of sp³-hybridized carbons (Fsp3) is 0.333. The minimum atomic E-state index is 0.00435. The third-order valence-corrected chi connectivity index (χ3v) is 3.96. The van der Waals surface area contributed by atoms with Crippen LogP contribution in [0.15, 0.2) is 29.6 Å². The number of anilines is 1. The van der Waals surface area contributed by atoms with Crippen LogP contribution < -0.4 is 5.73 Å². The van der Waals surface area contributed by atoms with Crippen LogP contribution in [0, 0.1) is 0 Å². The maximum absolute atomic E-state index is 12.6. The van der Waals surface area contributed by atoms with Crippen LogP contribution in [-0.4, -0.2) is 22.3 Å². The number of hydrogen-bond acceptors (Lipinski definition) is 4. The van der Waals surface area contributed by atoms with Gasteiger partial charge in [-0.2, -0.15) is 0 Å². The fourth-order valence-corrected chi connectivity index (χ4v) is 2.74. The lowest BCUT2D eigenvalue weighted by Gasteiger charge is -2.20. The van der Waals surface area contributed by atoms with Gasteiger partial charge >= 0.3 is 0 Å². The second kappa shape index (κ2) is 6.52. The Balaban J connectivity index is 2.21. The average Bonchev–Trinajstić information content (AvgIpc) is 2.96. The smallest absolute Gasteiger partial charge is 0.254 e. The summed E-state index contributed by atoms with van der Waals surface area (Å²) in [5, 5.41) is 2.02. The lowest BCUT2D eigenvalue weighted by Crippen LogP contribution is -2.30. The number of carbonyl (C=O) groups is 1. The van der Waals surface area contributed by atoms with E-state index in [4.69, 9.17) is 5.73 Å². The molecule has 1 amide bonds. The molecular formula is C15H19N3OS. The largest absolute Gasteiger partial charge is 0.384 e. The minimum absolute atomic E-state index is 0.00435. The molecule has 0 saturated heterocycles. The van der Waals surface area contributed by atoms with Crippen LogP contribution in [-0.2, 0) is 13.0 Å². The summed E-state index contributed by atoms with van der Waals surface area (Å²) in [6.07, 6.45) is 0.766. The van der Waals surface area contributed by atoms with Crippen molar-refractivity contribution in [3.63, 3.8) is 0 Å². The maximum Gasteiger partial charge on any atom is 0.254 e. The van der Waals surface area contributed by atoms with E-state index in [0.717, 1.165) is 12.1 Å². The Bertz CT molecular complexity index is 581. The van der Waals surface area contributed by atoms with Crippen molar-refractivity contribution in [3.05, 3.63) is 45.8 Å². The molecule has 106 valence electrons. The highest BCUT2D eigenvalue weighted by atomic mass is 32.1. The normalized spacial score (nSPS) is 10.5. The monoisotopic (exact) mass is 289 g/mol. The van der Waals surface area contributed by atoms with E-state index in [0.29, 0.717) is 24.5 Å². The van der Waals surface area contributed by atoms with Crippen molar-refractivity contribution >= 4 is 23.1 Å². The van der Waals surface area contributed by atoms with Gasteiger partial charge in [-0.05, 0) is 36.9 Å². The Kier molecular flexibility index (Phi) is 4.74. The Hall–Kier alpha value is -1.88. The first-order valence-electron chi connectivity index (χ1n) is 6.72. The zero-order chi connectivity index (χ0) is 14.5. The van der Waals surface area contributed by atoms with E-state index in [9.17, 15) is 4.79 Å². The van der Waals surface area contributed by atoms with Crippen LogP contribution >= 0.6 is 11.3 Å². The van der Waals surface area contributed by atoms with Crippen molar-refractivity contribution in [1.29, 1.82) is 0 Å². The van der Waals surface area contributed by atoms with Gasteiger partial charge in [-0.3, -0.25) is 4.79 Å². The summed E-state index contributed by atoms with van der Waals surface area (Å²) < 4.78 is 0. The summed E-state index contributed by atoms with van der Waals surface area (Å²) in [4.78, 5) is 19.8. The molecule has 2 N–H and O–H groups in total. The highest BCUT2D eigenvalue weighted by Gasteiger charge is 2.16. The molecular weight excluding hydrogens is 270 g/mol. The van der Waals surface area contributed by atoms with Gasteiger partial charge in [-0.1, -0.05) is 13.0 Å². The predicted octanol–water partition coefficient (Wildman–Crippen LogP) is 2.95. The third kappa shape index (κ3) is 3.36. The van der Waals surface area contributed by atoms with Crippen LogP contribution in [0.5, 0.6) is 0 Å². The van der Waals surface area contributed by atoms with Crippen molar-refractivity contribution in [3.8, 4) is 0 Å². The van der Waals surface area contributed by atoms with Crippen LogP contribution in [0.4, 0.5) is 5.82 Å². The van der Waals surface area contributed by atoms with Crippen LogP contribution in [0.2, 0.25) is 0 Å². The Morgan fingerprint density at radius 2 is 2.20 bits per heavy atom. The molecule has 0 unspecified atom stereocenters. The fourth-order valence-electron chi connectivity index (χ4n) is 2.02. The van der Waals surface area contributed by atoms with Crippen molar-refractivity contribution in [2.75, 3.05) is 12.3 Å². The summed E-state index contributed by atoms with van der Waals surface area (Å²) in [6, 6.07) is 7.52. The Labute approximate surface area is 123 Å². The number of nitrogens with zero attached hydrogens (tertiary/aromatic N) is 2. The van der Waals surface area contributed by atoms with E-state index < -0.39 is 0 Å². The van der Waals surface area contributed by atoms with E-state index in [1.54, 1.807) is 17.4 Å². The van der Waals surface area contributed by atoms with Gasteiger partial charge in [0.25, 0.3) is 5.91 Å². The van der Waals surface area contributed by atoms with E-state index in [-0.39, 0.29) is 5.91 Å². The van der Waals surface area contributed by atoms with Crippen molar-refractivity contribution in [2.45, 2.75) is 26.8 Å². The second-order valence-corrected chi connectivity index (χ2v) is 5.56. The minimum Gasteiger partial charge on any atom is -0.384 e. The number of aromatic nitrogens is 1. The summed E-state index contributed by atoms with van der Waals surface area (Å²) in [6.45, 7) is 5.28. The van der Waals surface area contributed by atoms with Gasteiger partial charge in [0.1, 0.15) is 5.82 Å². The third-order valence-electron chi connectivity index (χ3n) is 3.10. The van der Waals surface area contributed by atoms with Gasteiger partial charge in [0, 0.05) is 22.7 Å². The lowest BCUT2D eigenvalue weighted by molar-refractivity contribution is 0.0754. The van der Waals surface area contributed by atoms with Gasteiger partial charge in [0.15, 0.2) is 0 Å². The summed E-state index contributed by atoms with van der Waals surface area (Å²) in [5.41, 5.74) is 7.24. The zero-order valence-electron chi connectivity index (χ0n) is 11.8. The molecule has 0 bridgehead atoms. The SMILES string of the molecule is CCc1cc(C(=O)N(CC)Cc2cccs2)cc(N)n1. The highest BCUT2D eigenvalue weighted by Crippen LogP contribution is 2.16. The van der Waals surface area contributed by atoms with E-state index >= 15 is 0 Å². The molecule has 2 aromatic rings. The van der Waals surface area contributed by atoms with Crippen LogP contribution in [0.1, 0.15) is 34.8 Å². The van der Waals surface area contributed by atoms with E-state index in [1.165, 1.54) is 4.88 Å². The lowest BCUT2D eigenvalue weighted by atomic mass is 10.1. The van der Waals surface area contributed by atoms with E-state index in [1.807, 2.05) is 42.3 Å². The predicted molar refractivity (Wildman–Crippen MR) is 82.8 cm³/mol. The molecule has 0 atom stereocenters. The molecule has 0 aliphatic carbocycles. The molecule has 5 heteroatoms. The standard InChI is InChI=1S/C15H19N3OS/c1-3-12-8-11(9-14(16)17-12)15(19)18(4-2)10-13-6-5-7-20-13/h5-9H,3-4,10H2,1-2H3,(H2,16,17). The number of hydrogen-bond donors (Lipinski definition) is 1. The van der Waals surface area contributed by atoms with Gasteiger partial charge in [-0.25, -0.2) is 4.98 Å². The molecule has 0 spiro atoms. The average molecular weight is 289 g/mol. The molecule has 0 saturated carbocycles. The number of carbonyl (C=O) groups excluding carboxylic acids is 1. The van der Waals surface area contributed by atoms with Gasteiger partial charge in [-0.15, -0.1) is 11.3 Å². The van der Waals surface area contributed by atoms with Gasteiger partial charge in [0.2, 0.25) is 0 Å². The summed E-state index contributed by atoms with van der Waals surface area (Å²) in [7, 11) is 0. The van der Waals surface area contributed by atoms with Gasteiger partial charge < -0.3 is 10.6 Å². The molecule has 4 nitrogen and oxygen atoms in total.